The number of likely N-dealkylation sites (tertiary alicyclic amines) is 1. The third-order valence-electron chi connectivity index (χ3n) is 5.81. The van der Waals surface area contributed by atoms with Gasteiger partial charge in [0.2, 0.25) is 11.8 Å². The predicted molar refractivity (Wildman–Crippen MR) is 111 cm³/mol. The van der Waals surface area contributed by atoms with Crippen LogP contribution in [0.3, 0.4) is 0 Å². The summed E-state index contributed by atoms with van der Waals surface area (Å²) in [4.78, 5) is 37.7. The summed E-state index contributed by atoms with van der Waals surface area (Å²) in [6.07, 6.45) is 2.32. The van der Waals surface area contributed by atoms with Crippen LogP contribution in [0.2, 0.25) is 0 Å². The van der Waals surface area contributed by atoms with E-state index in [0.29, 0.717) is 31.8 Å². The van der Waals surface area contributed by atoms with Crippen LogP contribution in [0.5, 0.6) is 0 Å². The van der Waals surface area contributed by atoms with Crippen LogP contribution >= 0.6 is 0 Å². The standard InChI is InChI=1S/C22H28N4O4/c1-22(2,3)30-21(29)26-10-8-13(9-11-26)14-4-5-15-17(12-14)24-25-19(15)16-6-7-18(27)23-20(16)28/h4-5,12-13,16H,6-11H2,1-3H3,(H,24,25)(H,23,27,28). The zero-order valence-corrected chi connectivity index (χ0v) is 17.7. The second kappa shape index (κ2) is 7.74. The smallest absolute Gasteiger partial charge is 0.410 e. The lowest BCUT2D eigenvalue weighted by Crippen LogP contribution is -2.41. The molecule has 4 rings (SSSR count). The van der Waals surface area contributed by atoms with Crippen LogP contribution in [-0.2, 0) is 14.3 Å². The van der Waals surface area contributed by atoms with E-state index < -0.39 is 5.60 Å². The number of aromatic amines is 1. The number of benzene rings is 1. The first-order chi connectivity index (χ1) is 14.2. The van der Waals surface area contributed by atoms with Gasteiger partial charge in [-0.15, -0.1) is 0 Å². The Morgan fingerprint density at radius 1 is 1.17 bits per heavy atom. The molecule has 3 amide bonds. The third-order valence-corrected chi connectivity index (χ3v) is 5.81. The Hall–Kier alpha value is -2.90. The lowest BCUT2D eigenvalue weighted by molar-refractivity contribution is -0.134. The lowest BCUT2D eigenvalue weighted by Gasteiger charge is -2.33. The van der Waals surface area contributed by atoms with E-state index in [4.69, 9.17) is 4.74 Å². The van der Waals surface area contributed by atoms with Crippen LogP contribution in [0.25, 0.3) is 10.9 Å². The monoisotopic (exact) mass is 412 g/mol. The summed E-state index contributed by atoms with van der Waals surface area (Å²) in [6, 6.07) is 6.16. The molecule has 1 aromatic carbocycles. The third kappa shape index (κ3) is 4.17. The maximum Gasteiger partial charge on any atom is 0.410 e. The molecule has 2 saturated heterocycles. The van der Waals surface area contributed by atoms with E-state index in [1.165, 1.54) is 5.56 Å². The Morgan fingerprint density at radius 2 is 1.90 bits per heavy atom. The van der Waals surface area contributed by atoms with Gasteiger partial charge in [-0.2, -0.15) is 5.10 Å². The molecule has 0 aliphatic carbocycles. The Labute approximate surface area is 175 Å². The molecule has 3 heterocycles. The van der Waals surface area contributed by atoms with Gasteiger partial charge in [0.25, 0.3) is 0 Å². The van der Waals surface area contributed by atoms with E-state index in [-0.39, 0.29) is 23.8 Å². The molecule has 2 fully saturated rings. The molecule has 1 aromatic heterocycles. The van der Waals surface area contributed by atoms with E-state index in [9.17, 15) is 14.4 Å². The van der Waals surface area contributed by atoms with Gasteiger partial charge in [0.1, 0.15) is 5.60 Å². The van der Waals surface area contributed by atoms with Crippen LogP contribution in [-0.4, -0.2) is 51.7 Å². The summed E-state index contributed by atoms with van der Waals surface area (Å²) < 4.78 is 5.47. The number of carbonyl (C=O) groups is 3. The van der Waals surface area contributed by atoms with Crippen LogP contribution in [0.15, 0.2) is 18.2 Å². The highest BCUT2D eigenvalue weighted by molar-refractivity contribution is 6.02. The largest absolute Gasteiger partial charge is 0.444 e. The van der Waals surface area contributed by atoms with Crippen LogP contribution in [0.4, 0.5) is 4.79 Å². The quantitative estimate of drug-likeness (QED) is 0.737. The van der Waals surface area contributed by atoms with Gasteiger partial charge in [-0.1, -0.05) is 12.1 Å². The van der Waals surface area contributed by atoms with Gasteiger partial charge < -0.3 is 9.64 Å². The zero-order valence-electron chi connectivity index (χ0n) is 17.7. The van der Waals surface area contributed by atoms with E-state index in [1.54, 1.807) is 4.90 Å². The fourth-order valence-electron chi connectivity index (χ4n) is 4.26. The minimum atomic E-state index is -0.487. The molecule has 160 valence electrons. The molecule has 1 atom stereocenters. The molecule has 30 heavy (non-hydrogen) atoms. The number of nitrogens with zero attached hydrogens (tertiary/aromatic N) is 2. The molecule has 2 N–H and O–H groups in total. The van der Waals surface area contributed by atoms with Crippen molar-refractivity contribution in [2.45, 2.75) is 63.9 Å². The molecule has 0 spiro atoms. The molecule has 8 heteroatoms. The summed E-state index contributed by atoms with van der Waals surface area (Å²) in [5, 5.41) is 10.7. The SMILES string of the molecule is CC(C)(C)OC(=O)N1CCC(c2ccc3c(C4CCC(=O)NC4=O)[nH]nc3c2)CC1. The van der Waals surface area contributed by atoms with E-state index in [1.807, 2.05) is 26.8 Å². The molecule has 2 aromatic rings. The van der Waals surface area contributed by atoms with Gasteiger partial charge in [0.15, 0.2) is 0 Å². The Balaban J connectivity index is 1.45. The Bertz CT molecular complexity index is 983. The number of hydrogen-bond donors (Lipinski definition) is 2. The number of H-pyrrole nitrogens is 1. The number of aromatic nitrogens is 2. The first-order valence-electron chi connectivity index (χ1n) is 10.5. The summed E-state index contributed by atoms with van der Waals surface area (Å²) >= 11 is 0. The summed E-state index contributed by atoms with van der Waals surface area (Å²) in [7, 11) is 0. The van der Waals surface area contributed by atoms with Gasteiger partial charge in [-0.05, 0) is 57.6 Å². The molecule has 0 radical (unpaired) electrons. The molecular weight excluding hydrogens is 384 g/mol. The number of hydrogen-bond acceptors (Lipinski definition) is 5. The molecule has 0 bridgehead atoms. The van der Waals surface area contributed by atoms with Crippen molar-refractivity contribution < 1.29 is 19.1 Å². The number of ether oxygens (including phenoxy) is 1. The number of imide groups is 1. The molecule has 1 unspecified atom stereocenters. The van der Waals surface area contributed by atoms with Crippen molar-refractivity contribution in [3.8, 4) is 0 Å². The minimum absolute atomic E-state index is 0.222. The highest BCUT2D eigenvalue weighted by atomic mass is 16.6. The number of piperidine rings is 2. The maximum atomic E-state index is 12.3. The van der Waals surface area contributed by atoms with Crippen molar-refractivity contribution in [2.24, 2.45) is 0 Å². The number of carbonyl (C=O) groups excluding carboxylic acids is 3. The molecule has 8 nitrogen and oxygen atoms in total. The summed E-state index contributed by atoms with van der Waals surface area (Å²) in [6.45, 7) is 6.96. The first-order valence-corrected chi connectivity index (χ1v) is 10.5. The minimum Gasteiger partial charge on any atom is -0.444 e. The molecule has 0 saturated carbocycles. The highest BCUT2D eigenvalue weighted by Crippen LogP contribution is 2.33. The van der Waals surface area contributed by atoms with Crippen molar-refractivity contribution in [1.82, 2.24) is 20.4 Å². The van der Waals surface area contributed by atoms with E-state index in [0.717, 1.165) is 29.4 Å². The van der Waals surface area contributed by atoms with Gasteiger partial charge in [0.05, 0.1) is 17.1 Å². The highest BCUT2D eigenvalue weighted by Gasteiger charge is 2.31. The van der Waals surface area contributed by atoms with Gasteiger partial charge >= 0.3 is 6.09 Å². The van der Waals surface area contributed by atoms with Crippen LogP contribution in [0.1, 0.15) is 69.5 Å². The van der Waals surface area contributed by atoms with Gasteiger partial charge in [0, 0.05) is 24.9 Å². The molecule has 2 aliphatic rings. The summed E-state index contributed by atoms with van der Waals surface area (Å²) in [5.41, 5.74) is 2.29. The summed E-state index contributed by atoms with van der Waals surface area (Å²) in [5.74, 6) is -0.519. The fraction of sp³-hybridized carbons (Fsp3) is 0.545. The Kier molecular flexibility index (Phi) is 5.26. The normalized spacial score (nSPS) is 21.0. The number of rotatable bonds is 2. The van der Waals surface area contributed by atoms with Crippen LogP contribution < -0.4 is 5.32 Å². The number of nitrogens with one attached hydrogen (secondary N) is 2. The van der Waals surface area contributed by atoms with Crippen molar-refractivity contribution in [1.29, 1.82) is 0 Å². The van der Waals surface area contributed by atoms with Gasteiger partial charge in [-0.3, -0.25) is 20.0 Å². The lowest BCUT2D eigenvalue weighted by atomic mass is 9.88. The number of fused-ring (bicyclic) bond motifs is 1. The average Bonchev–Trinajstić information content (AvgIpc) is 3.10. The van der Waals surface area contributed by atoms with Crippen molar-refractivity contribution in [3.05, 3.63) is 29.5 Å². The average molecular weight is 412 g/mol. The first kappa shape index (κ1) is 20.4. The topological polar surface area (TPSA) is 104 Å². The zero-order chi connectivity index (χ0) is 21.5. The maximum absolute atomic E-state index is 12.3. The van der Waals surface area contributed by atoms with Crippen LogP contribution in [0, 0.1) is 0 Å². The molecule has 2 aliphatic heterocycles. The van der Waals surface area contributed by atoms with Crippen molar-refractivity contribution in [2.75, 3.05) is 13.1 Å². The second-order valence-electron chi connectivity index (χ2n) is 9.16. The second-order valence-corrected chi connectivity index (χ2v) is 9.16. The predicted octanol–water partition coefficient (Wildman–Crippen LogP) is 3.20. The van der Waals surface area contributed by atoms with Gasteiger partial charge in [-0.25, -0.2) is 4.79 Å². The van der Waals surface area contributed by atoms with E-state index in [2.05, 4.69) is 27.6 Å². The van der Waals surface area contributed by atoms with Crippen molar-refractivity contribution >= 4 is 28.8 Å². The molecular formula is C22H28N4O4. The fourth-order valence-corrected chi connectivity index (χ4v) is 4.26. The van der Waals surface area contributed by atoms with Crippen molar-refractivity contribution in [3.63, 3.8) is 0 Å². The Morgan fingerprint density at radius 3 is 2.57 bits per heavy atom. The number of amides is 3. The van der Waals surface area contributed by atoms with E-state index >= 15 is 0 Å².